The maximum Gasteiger partial charge on any atom is 0.162 e. The summed E-state index contributed by atoms with van der Waals surface area (Å²) in [6.45, 7) is 16.8. The quantitative estimate of drug-likeness (QED) is 0.415. The van der Waals surface area contributed by atoms with Crippen LogP contribution in [0.4, 0.5) is 0 Å². The molecule has 9 atom stereocenters. The van der Waals surface area contributed by atoms with Crippen LogP contribution in [-0.4, -0.2) is 23.3 Å². The molecular formula is C30H46O3. The van der Waals surface area contributed by atoms with Crippen molar-refractivity contribution in [3.05, 3.63) is 11.6 Å². The van der Waals surface area contributed by atoms with E-state index in [1.54, 1.807) is 5.57 Å². The van der Waals surface area contributed by atoms with Crippen LogP contribution in [0.2, 0.25) is 0 Å². The standard InChI is InChI=1S/C30H46O3/c1-25(2)12-13-27(5)14-15-29(7)18(19(27)17-25)16-20-23-28(6)10-9-22(31)26(3,4)21(28)8-11-30(23,29)24(32)33-20/h16,19-21,23-24,32H,8-15,17H2,1-7H3/t19-,20-,21-,23+,24-,27+,28-,29+,30+/m0/s1. The van der Waals surface area contributed by atoms with Crippen LogP contribution >= 0.6 is 0 Å². The first-order valence-corrected chi connectivity index (χ1v) is 13.8. The maximum absolute atomic E-state index is 13.0. The lowest BCUT2D eigenvalue weighted by Crippen LogP contribution is -2.67. The molecule has 4 saturated carbocycles. The molecule has 184 valence electrons. The van der Waals surface area contributed by atoms with Crippen LogP contribution in [0.15, 0.2) is 11.6 Å². The van der Waals surface area contributed by atoms with E-state index in [4.69, 9.17) is 4.74 Å². The van der Waals surface area contributed by atoms with Crippen LogP contribution in [-0.2, 0) is 9.53 Å². The summed E-state index contributed by atoms with van der Waals surface area (Å²) in [6.07, 6.45) is 11.8. The van der Waals surface area contributed by atoms with E-state index in [0.29, 0.717) is 40.8 Å². The molecule has 0 aromatic rings. The van der Waals surface area contributed by atoms with Crippen LogP contribution < -0.4 is 0 Å². The molecule has 6 rings (SSSR count). The molecule has 1 saturated heterocycles. The zero-order valence-electron chi connectivity index (χ0n) is 22.1. The number of fused-ring (bicyclic) bond motifs is 4. The summed E-state index contributed by atoms with van der Waals surface area (Å²) in [5.41, 5.74) is 1.93. The number of Topliss-reactive ketones (excluding diaryl/α,β-unsaturated/α-hetero) is 1. The summed E-state index contributed by atoms with van der Waals surface area (Å²) in [5, 5.41) is 11.7. The largest absolute Gasteiger partial charge is 0.367 e. The third-order valence-electron chi connectivity index (χ3n) is 13.0. The van der Waals surface area contributed by atoms with Gasteiger partial charge in [0.15, 0.2) is 6.29 Å². The summed E-state index contributed by atoms with van der Waals surface area (Å²) in [4.78, 5) is 13.0. The zero-order chi connectivity index (χ0) is 23.8. The molecule has 3 nitrogen and oxygen atoms in total. The van der Waals surface area contributed by atoms with E-state index in [2.05, 4.69) is 54.5 Å². The van der Waals surface area contributed by atoms with Gasteiger partial charge in [0.1, 0.15) is 5.78 Å². The van der Waals surface area contributed by atoms with Gasteiger partial charge in [0.2, 0.25) is 0 Å². The van der Waals surface area contributed by atoms with Gasteiger partial charge < -0.3 is 9.84 Å². The molecule has 0 aromatic heterocycles. The van der Waals surface area contributed by atoms with Gasteiger partial charge in [-0.15, -0.1) is 0 Å². The Labute approximate surface area is 201 Å². The molecule has 2 bridgehead atoms. The van der Waals surface area contributed by atoms with Crippen molar-refractivity contribution < 1.29 is 14.6 Å². The third-order valence-corrected chi connectivity index (χ3v) is 13.0. The Hall–Kier alpha value is -0.670. The average Bonchev–Trinajstić information content (AvgIpc) is 2.99. The summed E-state index contributed by atoms with van der Waals surface area (Å²) < 4.78 is 6.55. The molecule has 5 fully saturated rings. The van der Waals surface area contributed by atoms with Crippen LogP contribution in [0, 0.1) is 50.2 Å². The van der Waals surface area contributed by atoms with Crippen LogP contribution in [0.1, 0.15) is 106 Å². The number of carbonyl (C=O) groups excluding carboxylic acids is 1. The minimum Gasteiger partial charge on any atom is -0.367 e. The van der Waals surface area contributed by atoms with Crippen molar-refractivity contribution in [2.75, 3.05) is 0 Å². The molecule has 0 aromatic carbocycles. The Bertz CT molecular complexity index is 931. The fourth-order valence-electron chi connectivity index (χ4n) is 10.9. The minimum atomic E-state index is -0.689. The van der Waals surface area contributed by atoms with Crippen molar-refractivity contribution in [3.8, 4) is 0 Å². The Kier molecular flexibility index (Phi) is 4.39. The van der Waals surface area contributed by atoms with Gasteiger partial charge in [-0.3, -0.25) is 4.79 Å². The summed E-state index contributed by atoms with van der Waals surface area (Å²) in [6, 6.07) is 0. The molecule has 6 aliphatic rings. The SMILES string of the molecule is CC1(C)CC[C@]2(C)CC[C@]3(C)C(=C[C@@H]4O[C@H](O)[C@]35CC[C@H]3C(C)(C)C(=O)CC[C@]3(C)[C@@H]45)[C@@H]2C1. The molecule has 0 spiro atoms. The topological polar surface area (TPSA) is 46.5 Å². The predicted molar refractivity (Wildman–Crippen MR) is 130 cm³/mol. The van der Waals surface area contributed by atoms with E-state index in [9.17, 15) is 9.90 Å². The monoisotopic (exact) mass is 454 g/mol. The molecule has 1 heterocycles. The Balaban J connectivity index is 1.51. The smallest absolute Gasteiger partial charge is 0.162 e. The van der Waals surface area contributed by atoms with Crippen LogP contribution in [0.5, 0.6) is 0 Å². The fourth-order valence-corrected chi connectivity index (χ4v) is 10.9. The highest BCUT2D eigenvalue weighted by Crippen LogP contribution is 2.78. The molecule has 1 N–H and O–H groups in total. The Morgan fingerprint density at radius 2 is 1.64 bits per heavy atom. The molecule has 0 amide bonds. The van der Waals surface area contributed by atoms with Crippen molar-refractivity contribution >= 4 is 5.78 Å². The number of carbonyl (C=O) groups is 1. The van der Waals surface area contributed by atoms with E-state index in [-0.39, 0.29) is 27.8 Å². The number of hydrogen-bond donors (Lipinski definition) is 1. The molecule has 33 heavy (non-hydrogen) atoms. The van der Waals surface area contributed by atoms with Gasteiger partial charge in [0.05, 0.1) is 6.10 Å². The summed E-state index contributed by atoms with van der Waals surface area (Å²) in [7, 11) is 0. The maximum atomic E-state index is 13.0. The lowest BCUT2D eigenvalue weighted by atomic mass is 9.33. The number of ketones is 1. The molecule has 0 unspecified atom stereocenters. The lowest BCUT2D eigenvalue weighted by molar-refractivity contribution is -0.214. The number of allylic oxidation sites excluding steroid dienone is 1. The lowest BCUT2D eigenvalue weighted by Gasteiger charge is -2.69. The van der Waals surface area contributed by atoms with Crippen LogP contribution in [0.3, 0.4) is 0 Å². The highest BCUT2D eigenvalue weighted by atomic mass is 16.6. The highest BCUT2D eigenvalue weighted by Gasteiger charge is 2.76. The second kappa shape index (κ2) is 6.36. The fraction of sp³-hybridized carbons (Fsp3) is 0.900. The highest BCUT2D eigenvalue weighted by molar-refractivity contribution is 5.85. The first kappa shape index (κ1) is 22.8. The first-order chi connectivity index (χ1) is 15.2. The molecule has 1 aliphatic heterocycles. The van der Waals surface area contributed by atoms with Gasteiger partial charge >= 0.3 is 0 Å². The van der Waals surface area contributed by atoms with E-state index < -0.39 is 6.29 Å². The van der Waals surface area contributed by atoms with Gasteiger partial charge in [0.25, 0.3) is 0 Å². The number of aliphatic hydroxyl groups excluding tert-OH is 1. The van der Waals surface area contributed by atoms with Gasteiger partial charge in [-0.25, -0.2) is 0 Å². The van der Waals surface area contributed by atoms with Gasteiger partial charge in [-0.05, 0) is 84.9 Å². The Morgan fingerprint density at radius 3 is 2.36 bits per heavy atom. The second-order valence-corrected chi connectivity index (χ2v) is 15.2. The van der Waals surface area contributed by atoms with Crippen molar-refractivity contribution in [3.63, 3.8) is 0 Å². The number of hydrogen-bond acceptors (Lipinski definition) is 3. The number of rotatable bonds is 0. The van der Waals surface area contributed by atoms with E-state index in [1.807, 2.05) is 0 Å². The summed E-state index contributed by atoms with van der Waals surface area (Å²) >= 11 is 0. The number of ether oxygens (including phenoxy) is 1. The second-order valence-electron chi connectivity index (χ2n) is 15.2. The Morgan fingerprint density at radius 1 is 0.939 bits per heavy atom. The molecule has 5 aliphatic carbocycles. The predicted octanol–water partition coefficient (Wildman–Crippen LogP) is 6.68. The molecule has 3 heteroatoms. The van der Waals surface area contributed by atoms with Crippen LogP contribution in [0.25, 0.3) is 0 Å². The van der Waals surface area contributed by atoms with E-state index >= 15 is 0 Å². The van der Waals surface area contributed by atoms with Gasteiger partial charge in [0, 0.05) is 23.2 Å². The van der Waals surface area contributed by atoms with Gasteiger partial charge in [-0.2, -0.15) is 0 Å². The molecular weight excluding hydrogens is 408 g/mol. The summed E-state index contributed by atoms with van der Waals surface area (Å²) in [5.74, 6) is 1.72. The van der Waals surface area contributed by atoms with Crippen molar-refractivity contribution in [2.24, 2.45) is 50.2 Å². The third kappa shape index (κ3) is 2.52. The van der Waals surface area contributed by atoms with Crippen molar-refractivity contribution in [1.82, 2.24) is 0 Å². The van der Waals surface area contributed by atoms with Crippen molar-refractivity contribution in [1.29, 1.82) is 0 Å². The normalized spacial score (nSPS) is 56.2. The first-order valence-electron chi connectivity index (χ1n) is 13.8. The van der Waals surface area contributed by atoms with Gasteiger partial charge in [-0.1, -0.05) is 60.1 Å². The average molecular weight is 455 g/mol. The zero-order valence-corrected chi connectivity index (χ0v) is 22.1. The van der Waals surface area contributed by atoms with Crippen molar-refractivity contribution in [2.45, 2.75) is 119 Å². The molecule has 0 radical (unpaired) electrons. The van der Waals surface area contributed by atoms with E-state index in [1.165, 1.54) is 32.1 Å². The minimum absolute atomic E-state index is 0.00716. The number of aliphatic hydroxyl groups is 1. The van der Waals surface area contributed by atoms with E-state index in [0.717, 1.165) is 19.3 Å².